The molecular weight excluding hydrogens is 132 g/mol. The van der Waals surface area contributed by atoms with Crippen LogP contribution in [0.15, 0.2) is 0 Å². The third-order valence-electron chi connectivity index (χ3n) is 2.10. The third-order valence-corrected chi connectivity index (χ3v) is 2.10. The molecule has 4 nitrogen and oxygen atoms in total. The monoisotopic (exact) mass is 142 g/mol. The van der Waals surface area contributed by atoms with E-state index in [-0.39, 0.29) is 17.8 Å². The Bertz CT molecular complexity index is 183. The molecule has 2 saturated heterocycles. The van der Waals surface area contributed by atoms with Crippen LogP contribution in [0.4, 0.5) is 0 Å². The van der Waals surface area contributed by atoms with Crippen LogP contribution in [0.5, 0.6) is 0 Å². The quantitative estimate of drug-likeness (QED) is 0.470. The molecule has 2 N–H and O–H groups in total. The molecule has 0 bridgehead atoms. The van der Waals surface area contributed by atoms with Gasteiger partial charge in [0, 0.05) is 13.5 Å². The van der Waals surface area contributed by atoms with E-state index >= 15 is 0 Å². The molecule has 2 fully saturated rings. The molecule has 4 heteroatoms. The lowest BCUT2D eigenvalue weighted by Gasteiger charge is -2.03. The summed E-state index contributed by atoms with van der Waals surface area (Å²) in [6.07, 6.45) is 1.51. The predicted octanol–water partition coefficient (Wildman–Crippen LogP) is -0.832. The van der Waals surface area contributed by atoms with E-state index < -0.39 is 0 Å². The molecule has 0 aromatic rings. The zero-order valence-corrected chi connectivity index (χ0v) is 5.81. The fourth-order valence-corrected chi connectivity index (χ4v) is 1.44. The molecule has 2 atom stereocenters. The first-order chi connectivity index (χ1) is 4.77. The average Bonchev–Trinajstić information content (AvgIpc) is 2.46. The van der Waals surface area contributed by atoms with E-state index in [9.17, 15) is 4.79 Å². The summed E-state index contributed by atoms with van der Waals surface area (Å²) >= 11 is 0. The average molecular weight is 142 g/mol. The van der Waals surface area contributed by atoms with Gasteiger partial charge in [-0.15, -0.1) is 0 Å². The molecule has 2 heterocycles. The smallest absolute Gasteiger partial charge is 0.221 e. The fraction of sp³-hybridized carbons (Fsp3) is 0.833. The molecule has 1 amide bonds. The molecule has 10 heavy (non-hydrogen) atoms. The van der Waals surface area contributed by atoms with E-state index in [1.807, 2.05) is 0 Å². The van der Waals surface area contributed by atoms with Crippen molar-refractivity contribution in [2.45, 2.75) is 24.7 Å². The number of amides is 1. The number of hydrogen-bond acceptors (Lipinski definition) is 3. The van der Waals surface area contributed by atoms with Crippen LogP contribution >= 0.6 is 0 Å². The van der Waals surface area contributed by atoms with E-state index in [0.717, 1.165) is 6.42 Å². The number of carbonyl (C=O) groups is 1. The first-order valence-corrected chi connectivity index (χ1v) is 3.38. The highest BCUT2D eigenvalue weighted by Gasteiger charge is 2.58. The summed E-state index contributed by atoms with van der Waals surface area (Å²) < 4.78 is 5.02. The Morgan fingerprint density at radius 1 is 1.80 bits per heavy atom. The van der Waals surface area contributed by atoms with E-state index in [2.05, 4.69) is 10.6 Å². The van der Waals surface area contributed by atoms with E-state index in [0.29, 0.717) is 6.42 Å². The summed E-state index contributed by atoms with van der Waals surface area (Å²) in [7, 11) is 1.64. The second kappa shape index (κ2) is 1.71. The van der Waals surface area contributed by atoms with Gasteiger partial charge in [0.1, 0.15) is 11.9 Å². The Morgan fingerprint density at radius 3 is 3.00 bits per heavy atom. The lowest BCUT2D eigenvalue weighted by Crippen LogP contribution is -2.33. The second-order valence-electron chi connectivity index (χ2n) is 2.78. The molecule has 0 aromatic carbocycles. The maximum absolute atomic E-state index is 10.8. The number of carbonyl (C=O) groups excluding carboxylic acids is 1. The standard InChI is InChI=1S/C6H10N2O2/c1-10-5-6(8-5)3-2-4(9)7-6/h5,8H,2-3H2,1H3,(H,7,9)/t5-,6+/m0/s1. The third kappa shape index (κ3) is 0.660. The van der Waals surface area contributed by atoms with Crippen molar-refractivity contribution >= 4 is 5.91 Å². The highest BCUT2D eigenvalue weighted by Crippen LogP contribution is 2.33. The normalized spacial score (nSPS) is 44.1. The molecular formula is C6H10N2O2. The second-order valence-corrected chi connectivity index (χ2v) is 2.78. The van der Waals surface area contributed by atoms with Gasteiger partial charge in [0.2, 0.25) is 5.91 Å². The number of hydrogen-bond donors (Lipinski definition) is 2. The zero-order valence-electron chi connectivity index (χ0n) is 5.81. The Morgan fingerprint density at radius 2 is 2.60 bits per heavy atom. The Balaban J connectivity index is 2.02. The minimum absolute atomic E-state index is 0.0407. The first-order valence-electron chi connectivity index (χ1n) is 3.38. The van der Waals surface area contributed by atoms with Gasteiger partial charge in [-0.3, -0.25) is 10.1 Å². The summed E-state index contributed by atoms with van der Waals surface area (Å²) in [4.78, 5) is 10.8. The minimum Gasteiger partial charge on any atom is -0.363 e. The highest BCUT2D eigenvalue weighted by molar-refractivity contribution is 5.80. The first kappa shape index (κ1) is 6.12. The van der Waals surface area contributed by atoms with Crippen molar-refractivity contribution in [3.8, 4) is 0 Å². The summed E-state index contributed by atoms with van der Waals surface area (Å²) in [5.74, 6) is 0.118. The van der Waals surface area contributed by atoms with Gasteiger partial charge in [0.05, 0.1) is 0 Å². The van der Waals surface area contributed by atoms with Crippen LogP contribution in [0.25, 0.3) is 0 Å². The largest absolute Gasteiger partial charge is 0.363 e. The molecule has 0 saturated carbocycles. The number of methoxy groups -OCH3 is 1. The van der Waals surface area contributed by atoms with Gasteiger partial charge in [0.15, 0.2) is 0 Å². The Hall–Kier alpha value is -0.610. The fourth-order valence-electron chi connectivity index (χ4n) is 1.44. The van der Waals surface area contributed by atoms with Crippen molar-refractivity contribution in [1.29, 1.82) is 0 Å². The van der Waals surface area contributed by atoms with Crippen LogP contribution in [0.2, 0.25) is 0 Å². The summed E-state index contributed by atoms with van der Waals surface area (Å²) in [6, 6.07) is 0. The number of rotatable bonds is 1. The van der Waals surface area contributed by atoms with Crippen LogP contribution in [0.1, 0.15) is 12.8 Å². The van der Waals surface area contributed by atoms with Gasteiger partial charge in [0.25, 0.3) is 0 Å². The summed E-state index contributed by atoms with van der Waals surface area (Å²) in [6.45, 7) is 0. The van der Waals surface area contributed by atoms with Crippen molar-refractivity contribution in [2.24, 2.45) is 0 Å². The molecule has 0 aromatic heterocycles. The van der Waals surface area contributed by atoms with E-state index in [1.165, 1.54) is 0 Å². The van der Waals surface area contributed by atoms with Crippen molar-refractivity contribution in [3.63, 3.8) is 0 Å². The number of ether oxygens (including phenoxy) is 1. The van der Waals surface area contributed by atoms with Crippen molar-refractivity contribution in [3.05, 3.63) is 0 Å². The Labute approximate surface area is 58.9 Å². The number of nitrogens with one attached hydrogen (secondary N) is 2. The van der Waals surface area contributed by atoms with Crippen molar-refractivity contribution in [2.75, 3.05) is 7.11 Å². The maximum Gasteiger partial charge on any atom is 0.221 e. The highest BCUT2D eigenvalue weighted by atomic mass is 16.5. The van der Waals surface area contributed by atoms with Gasteiger partial charge in [-0.25, -0.2) is 0 Å². The maximum atomic E-state index is 10.8. The molecule has 0 unspecified atom stereocenters. The van der Waals surface area contributed by atoms with E-state index in [4.69, 9.17) is 4.74 Å². The van der Waals surface area contributed by atoms with Gasteiger partial charge in [-0.05, 0) is 6.42 Å². The van der Waals surface area contributed by atoms with Gasteiger partial charge >= 0.3 is 0 Å². The lowest BCUT2D eigenvalue weighted by molar-refractivity contribution is -0.119. The molecule has 2 aliphatic rings. The van der Waals surface area contributed by atoms with Crippen molar-refractivity contribution < 1.29 is 9.53 Å². The summed E-state index contributed by atoms with van der Waals surface area (Å²) in [5, 5.41) is 5.90. The predicted molar refractivity (Wildman–Crippen MR) is 34.0 cm³/mol. The molecule has 2 aliphatic heterocycles. The molecule has 1 spiro atoms. The lowest BCUT2D eigenvalue weighted by atomic mass is 10.2. The van der Waals surface area contributed by atoms with Crippen LogP contribution < -0.4 is 10.6 Å². The van der Waals surface area contributed by atoms with Crippen LogP contribution in [-0.4, -0.2) is 24.9 Å². The zero-order chi connectivity index (χ0) is 7.19. The molecule has 56 valence electrons. The molecule has 0 aliphatic carbocycles. The molecule has 0 radical (unpaired) electrons. The SMILES string of the molecule is CO[C@@H]1N[C@]12CCC(=O)N2. The van der Waals surface area contributed by atoms with Crippen LogP contribution in [0, 0.1) is 0 Å². The van der Waals surface area contributed by atoms with Gasteiger partial charge < -0.3 is 10.1 Å². The molecule has 2 rings (SSSR count). The topological polar surface area (TPSA) is 60.3 Å². The summed E-state index contributed by atoms with van der Waals surface area (Å²) in [5.41, 5.74) is -0.189. The van der Waals surface area contributed by atoms with Gasteiger partial charge in [-0.2, -0.15) is 0 Å². The minimum atomic E-state index is -0.189. The van der Waals surface area contributed by atoms with Crippen molar-refractivity contribution in [1.82, 2.24) is 10.6 Å². The van der Waals surface area contributed by atoms with Crippen LogP contribution in [-0.2, 0) is 9.53 Å². The van der Waals surface area contributed by atoms with Gasteiger partial charge in [-0.1, -0.05) is 0 Å². The Kier molecular flexibility index (Phi) is 1.04. The van der Waals surface area contributed by atoms with E-state index in [1.54, 1.807) is 7.11 Å². The van der Waals surface area contributed by atoms with Crippen LogP contribution in [0.3, 0.4) is 0 Å².